The van der Waals surface area contributed by atoms with Crippen molar-refractivity contribution in [2.75, 3.05) is 18.5 Å². The Morgan fingerprint density at radius 2 is 1.90 bits per heavy atom. The van der Waals surface area contributed by atoms with Crippen molar-refractivity contribution < 1.29 is 27.9 Å². The Labute approximate surface area is 246 Å². The van der Waals surface area contributed by atoms with Crippen LogP contribution in [-0.2, 0) is 34.0 Å². The predicted molar refractivity (Wildman–Crippen MR) is 156 cm³/mol. The van der Waals surface area contributed by atoms with E-state index in [4.69, 9.17) is 34.3 Å². The Morgan fingerprint density at radius 1 is 1.17 bits per heavy atom. The SMILES string of the molecule is CS(=O)(=O)c1cccc(C[C@H](NC(=O)c2c(Cl)cc3c(c2Cl)CCN(C(=O)c2ccc(C=N)c(N)c2)C3)C(=O)O)c1. The highest BCUT2D eigenvalue weighted by Crippen LogP contribution is 2.35. The molecule has 0 aliphatic carbocycles. The number of rotatable bonds is 8. The molecule has 0 spiro atoms. The molecule has 0 radical (unpaired) electrons. The van der Waals surface area contributed by atoms with Crippen LogP contribution in [0.1, 0.15) is 43.0 Å². The van der Waals surface area contributed by atoms with Crippen LogP contribution >= 0.6 is 23.2 Å². The smallest absolute Gasteiger partial charge is 0.326 e. The van der Waals surface area contributed by atoms with Gasteiger partial charge in [-0.15, -0.1) is 0 Å². The summed E-state index contributed by atoms with van der Waals surface area (Å²) >= 11 is 13.1. The minimum Gasteiger partial charge on any atom is -0.480 e. The van der Waals surface area contributed by atoms with E-state index in [1.54, 1.807) is 23.1 Å². The van der Waals surface area contributed by atoms with Gasteiger partial charge >= 0.3 is 5.97 Å². The highest BCUT2D eigenvalue weighted by atomic mass is 35.5. The third-order valence-corrected chi connectivity index (χ3v) is 8.60. The van der Waals surface area contributed by atoms with Gasteiger partial charge in [0, 0.05) is 48.8 Å². The Hall–Kier alpha value is -3.93. The fourth-order valence-electron chi connectivity index (χ4n) is 4.62. The molecular weight excluding hydrogens is 591 g/mol. The molecule has 3 aromatic rings. The van der Waals surface area contributed by atoms with Crippen LogP contribution in [0.25, 0.3) is 0 Å². The first kappa shape index (κ1) is 30.0. The van der Waals surface area contributed by atoms with Gasteiger partial charge in [0.05, 0.1) is 20.5 Å². The number of sulfone groups is 1. The summed E-state index contributed by atoms with van der Waals surface area (Å²) in [5.41, 5.74) is 8.69. The molecule has 10 nitrogen and oxygen atoms in total. The van der Waals surface area contributed by atoms with Crippen LogP contribution in [0, 0.1) is 5.41 Å². The largest absolute Gasteiger partial charge is 0.480 e. The molecule has 0 unspecified atom stereocenters. The van der Waals surface area contributed by atoms with Crippen molar-refractivity contribution in [3.8, 4) is 0 Å². The average molecular weight is 618 g/mol. The highest BCUT2D eigenvalue weighted by Gasteiger charge is 2.30. The third kappa shape index (κ3) is 6.53. The molecule has 1 atom stereocenters. The fourth-order valence-corrected chi connectivity index (χ4v) is 6.08. The molecule has 0 bridgehead atoms. The number of nitrogens with two attached hydrogens (primary N) is 1. The second kappa shape index (κ2) is 11.9. The summed E-state index contributed by atoms with van der Waals surface area (Å²) < 4.78 is 23.8. The van der Waals surface area contributed by atoms with E-state index in [1.807, 2.05) is 0 Å². The van der Waals surface area contributed by atoms with Gasteiger partial charge in [0.15, 0.2) is 9.84 Å². The van der Waals surface area contributed by atoms with Gasteiger partial charge in [0.25, 0.3) is 11.8 Å². The van der Waals surface area contributed by atoms with Crippen LogP contribution in [0.2, 0.25) is 10.0 Å². The molecule has 214 valence electrons. The van der Waals surface area contributed by atoms with Crippen LogP contribution in [-0.4, -0.2) is 61.3 Å². The van der Waals surface area contributed by atoms with E-state index in [0.29, 0.717) is 46.5 Å². The number of nitrogens with zero attached hydrogens (tertiary/aromatic N) is 1. The molecule has 1 aliphatic heterocycles. The first-order valence-electron chi connectivity index (χ1n) is 12.3. The molecule has 0 fully saturated rings. The summed E-state index contributed by atoms with van der Waals surface area (Å²) in [5.74, 6) is -2.39. The molecule has 0 saturated carbocycles. The number of nitrogen functional groups attached to an aromatic ring is 1. The van der Waals surface area contributed by atoms with Crippen molar-refractivity contribution in [1.29, 1.82) is 5.41 Å². The second-order valence-corrected chi connectivity index (χ2v) is 12.4. The number of carboxylic acids is 1. The molecule has 4 rings (SSSR count). The lowest BCUT2D eigenvalue weighted by atomic mass is 9.95. The quantitative estimate of drug-likeness (QED) is 0.221. The van der Waals surface area contributed by atoms with E-state index in [0.717, 1.165) is 12.5 Å². The number of fused-ring (bicyclic) bond motifs is 1. The number of hydrogen-bond acceptors (Lipinski definition) is 7. The van der Waals surface area contributed by atoms with Gasteiger partial charge < -0.3 is 26.5 Å². The average Bonchev–Trinajstić information content (AvgIpc) is 2.91. The summed E-state index contributed by atoms with van der Waals surface area (Å²) in [5, 5.41) is 19.6. The van der Waals surface area contributed by atoms with Crippen LogP contribution in [0.5, 0.6) is 0 Å². The monoisotopic (exact) mass is 616 g/mol. The van der Waals surface area contributed by atoms with Gasteiger partial charge in [-0.3, -0.25) is 9.59 Å². The Kier molecular flexibility index (Phi) is 8.71. The molecule has 1 aliphatic rings. The molecule has 1 heterocycles. The number of carbonyl (C=O) groups is 3. The lowest BCUT2D eigenvalue weighted by Crippen LogP contribution is -2.42. The number of carboxylic acid groups (broad SMARTS) is 1. The number of nitrogens with one attached hydrogen (secondary N) is 2. The standard InChI is InChI=1S/C28H26Cl2N4O6S/c1-41(39,40)19-4-2-3-15(9-19)10-23(28(37)38)33-26(35)24-21(29)11-18-14-34(8-7-20(18)25(24)30)27(36)16-5-6-17(13-31)22(32)12-16/h2-6,9,11-13,23,31H,7-8,10,14,32H2,1H3,(H,33,35)(H,37,38)/t23-/m0/s1. The number of anilines is 1. The maximum atomic E-state index is 13.2. The van der Waals surface area contributed by atoms with Crippen LogP contribution in [0.15, 0.2) is 53.4 Å². The summed E-state index contributed by atoms with van der Waals surface area (Å²) in [6, 6.07) is 10.7. The van der Waals surface area contributed by atoms with E-state index in [-0.39, 0.29) is 39.4 Å². The number of amides is 2. The van der Waals surface area contributed by atoms with E-state index in [2.05, 4.69) is 5.32 Å². The molecule has 5 N–H and O–H groups in total. The van der Waals surface area contributed by atoms with Crippen LogP contribution in [0.4, 0.5) is 5.69 Å². The van der Waals surface area contributed by atoms with Crippen LogP contribution < -0.4 is 11.1 Å². The minimum absolute atomic E-state index is 0.0108. The lowest BCUT2D eigenvalue weighted by molar-refractivity contribution is -0.139. The normalized spacial score (nSPS) is 13.7. The first-order valence-corrected chi connectivity index (χ1v) is 15.0. The Morgan fingerprint density at radius 3 is 2.54 bits per heavy atom. The predicted octanol–water partition coefficient (Wildman–Crippen LogP) is 3.60. The number of hydrogen-bond donors (Lipinski definition) is 4. The molecule has 3 aromatic carbocycles. The molecule has 41 heavy (non-hydrogen) atoms. The second-order valence-electron chi connectivity index (χ2n) is 9.64. The summed E-state index contributed by atoms with van der Waals surface area (Å²) in [6.07, 6.45) is 2.30. The summed E-state index contributed by atoms with van der Waals surface area (Å²) in [4.78, 5) is 39.9. The maximum Gasteiger partial charge on any atom is 0.326 e. The van der Waals surface area contributed by atoms with Crippen molar-refractivity contribution in [2.45, 2.75) is 30.3 Å². The third-order valence-electron chi connectivity index (χ3n) is 6.78. The topological polar surface area (TPSA) is 171 Å². The van der Waals surface area contributed by atoms with Crippen molar-refractivity contribution in [3.05, 3.63) is 92.0 Å². The highest BCUT2D eigenvalue weighted by molar-refractivity contribution is 7.90. The van der Waals surface area contributed by atoms with Crippen molar-refractivity contribution in [2.24, 2.45) is 0 Å². The maximum absolute atomic E-state index is 13.2. The van der Waals surface area contributed by atoms with Gasteiger partial charge in [0.1, 0.15) is 6.04 Å². The molecule has 0 saturated heterocycles. The number of aliphatic carboxylic acids is 1. The molecular formula is C28H26Cl2N4O6S. The van der Waals surface area contributed by atoms with E-state index >= 15 is 0 Å². The lowest BCUT2D eigenvalue weighted by Gasteiger charge is -2.30. The molecule has 2 amide bonds. The zero-order valence-electron chi connectivity index (χ0n) is 21.8. The zero-order chi connectivity index (χ0) is 30.1. The van der Waals surface area contributed by atoms with Gasteiger partial charge in [-0.1, -0.05) is 41.4 Å². The van der Waals surface area contributed by atoms with Gasteiger partial charge in [-0.05, 0) is 53.4 Å². The van der Waals surface area contributed by atoms with Gasteiger partial charge in [-0.25, -0.2) is 13.2 Å². The van der Waals surface area contributed by atoms with Gasteiger partial charge in [-0.2, -0.15) is 0 Å². The van der Waals surface area contributed by atoms with E-state index < -0.39 is 27.8 Å². The molecule has 0 aromatic heterocycles. The first-order chi connectivity index (χ1) is 19.3. The molecule has 13 heteroatoms. The van der Waals surface area contributed by atoms with E-state index in [9.17, 15) is 27.9 Å². The number of benzene rings is 3. The van der Waals surface area contributed by atoms with Crippen molar-refractivity contribution in [1.82, 2.24) is 10.2 Å². The Bertz CT molecular complexity index is 1690. The van der Waals surface area contributed by atoms with Crippen molar-refractivity contribution in [3.63, 3.8) is 0 Å². The van der Waals surface area contributed by atoms with Crippen molar-refractivity contribution >= 4 is 62.7 Å². The minimum atomic E-state index is -3.51. The number of halogens is 2. The van der Waals surface area contributed by atoms with Gasteiger partial charge in [0.2, 0.25) is 0 Å². The van der Waals surface area contributed by atoms with E-state index in [1.165, 1.54) is 30.3 Å². The fraction of sp³-hybridized carbons (Fsp3) is 0.214. The van der Waals surface area contributed by atoms with Crippen LogP contribution in [0.3, 0.4) is 0 Å². The Balaban J connectivity index is 1.54. The summed E-state index contributed by atoms with van der Waals surface area (Å²) in [7, 11) is -3.51. The zero-order valence-corrected chi connectivity index (χ0v) is 24.1. The summed E-state index contributed by atoms with van der Waals surface area (Å²) in [6.45, 7) is 0.477. The number of carbonyl (C=O) groups excluding carboxylic acids is 2.